The first kappa shape index (κ1) is 13.1. The highest BCUT2D eigenvalue weighted by Crippen LogP contribution is 2.12. The molecule has 0 aromatic heterocycles. The zero-order valence-electron chi connectivity index (χ0n) is 10.0. The van der Waals surface area contributed by atoms with Gasteiger partial charge in [0.2, 0.25) is 5.78 Å². The van der Waals surface area contributed by atoms with Crippen LogP contribution in [0.25, 0.3) is 6.08 Å². The molecule has 0 aliphatic carbocycles. The summed E-state index contributed by atoms with van der Waals surface area (Å²) in [6.07, 6.45) is 1.49. The second-order valence-electron chi connectivity index (χ2n) is 3.54. The van der Waals surface area contributed by atoms with Crippen molar-refractivity contribution in [3.8, 4) is 0 Å². The van der Waals surface area contributed by atoms with Gasteiger partial charge in [-0.25, -0.2) is 4.39 Å². The molecule has 0 radical (unpaired) electrons. The lowest BCUT2D eigenvalue weighted by molar-refractivity contribution is -0.109. The highest BCUT2D eigenvalue weighted by molar-refractivity contribution is 6.45. The van der Waals surface area contributed by atoms with Gasteiger partial charge < -0.3 is 4.84 Å². The molecular weight excluding hydrogens is 221 g/mol. The minimum absolute atomic E-state index is 0.234. The summed E-state index contributed by atoms with van der Waals surface area (Å²) in [5.74, 6) is -0.629. The maximum absolute atomic E-state index is 13.4. The standard InChI is InChI=1S/C13H14FNO2/c1-9(13(16)10(2)15-17-3)8-11-6-4-5-7-12(11)14/h4-8H,1-3H3. The largest absolute Gasteiger partial charge is 0.399 e. The van der Waals surface area contributed by atoms with Gasteiger partial charge in [0.15, 0.2) is 0 Å². The molecule has 3 nitrogen and oxygen atoms in total. The maximum Gasteiger partial charge on any atom is 0.205 e. The fourth-order valence-electron chi connectivity index (χ4n) is 1.35. The molecule has 0 atom stereocenters. The van der Waals surface area contributed by atoms with Crippen molar-refractivity contribution >= 4 is 17.6 Å². The summed E-state index contributed by atoms with van der Waals surface area (Å²) < 4.78 is 13.4. The second kappa shape index (κ2) is 5.94. The number of hydrogen-bond acceptors (Lipinski definition) is 3. The molecule has 0 bridgehead atoms. The van der Waals surface area contributed by atoms with E-state index in [-0.39, 0.29) is 17.3 Å². The number of carbonyl (C=O) groups excluding carboxylic acids is 1. The number of oxime groups is 1. The van der Waals surface area contributed by atoms with E-state index in [9.17, 15) is 9.18 Å². The monoisotopic (exact) mass is 235 g/mol. The lowest BCUT2D eigenvalue weighted by atomic mass is 10.1. The van der Waals surface area contributed by atoms with Crippen LogP contribution in [0.2, 0.25) is 0 Å². The van der Waals surface area contributed by atoms with Crippen LogP contribution in [0.3, 0.4) is 0 Å². The van der Waals surface area contributed by atoms with Gasteiger partial charge in [-0.05, 0) is 31.6 Å². The number of hydrogen-bond donors (Lipinski definition) is 0. The first-order valence-corrected chi connectivity index (χ1v) is 5.11. The third-order valence-corrected chi connectivity index (χ3v) is 2.19. The molecule has 0 aliphatic heterocycles. The molecular formula is C13H14FNO2. The number of carbonyl (C=O) groups is 1. The van der Waals surface area contributed by atoms with Gasteiger partial charge in [0.05, 0.1) is 0 Å². The van der Waals surface area contributed by atoms with Crippen LogP contribution in [-0.2, 0) is 9.63 Å². The van der Waals surface area contributed by atoms with Crippen LogP contribution in [0.4, 0.5) is 4.39 Å². The lowest BCUT2D eigenvalue weighted by Gasteiger charge is -2.01. The third kappa shape index (κ3) is 3.52. The topological polar surface area (TPSA) is 38.7 Å². The summed E-state index contributed by atoms with van der Waals surface area (Å²) in [5, 5.41) is 3.54. The molecule has 1 rings (SSSR count). The van der Waals surface area contributed by atoms with E-state index in [1.807, 2.05) is 0 Å². The van der Waals surface area contributed by atoms with Gasteiger partial charge in [-0.3, -0.25) is 4.79 Å². The molecule has 1 aromatic carbocycles. The molecule has 0 amide bonds. The zero-order chi connectivity index (χ0) is 12.8. The van der Waals surface area contributed by atoms with Crippen LogP contribution < -0.4 is 0 Å². The van der Waals surface area contributed by atoms with E-state index in [0.29, 0.717) is 11.1 Å². The van der Waals surface area contributed by atoms with Gasteiger partial charge in [-0.1, -0.05) is 23.4 Å². The Morgan fingerprint density at radius 1 is 1.35 bits per heavy atom. The van der Waals surface area contributed by atoms with Crippen molar-refractivity contribution in [1.82, 2.24) is 0 Å². The number of allylic oxidation sites excluding steroid dienone is 1. The molecule has 0 aliphatic rings. The van der Waals surface area contributed by atoms with Crippen LogP contribution in [0.15, 0.2) is 35.0 Å². The van der Waals surface area contributed by atoms with E-state index >= 15 is 0 Å². The van der Waals surface area contributed by atoms with E-state index in [1.165, 1.54) is 19.3 Å². The van der Waals surface area contributed by atoms with Crippen molar-refractivity contribution in [3.63, 3.8) is 0 Å². The summed E-state index contributed by atoms with van der Waals surface area (Å²) in [4.78, 5) is 16.3. The van der Waals surface area contributed by atoms with Gasteiger partial charge in [-0.15, -0.1) is 0 Å². The number of nitrogens with zero attached hydrogens (tertiary/aromatic N) is 1. The Balaban J connectivity index is 2.98. The van der Waals surface area contributed by atoms with Crippen LogP contribution in [-0.4, -0.2) is 18.6 Å². The van der Waals surface area contributed by atoms with Crippen molar-refractivity contribution in [1.29, 1.82) is 0 Å². The predicted molar refractivity (Wildman–Crippen MR) is 65.2 cm³/mol. The molecule has 0 unspecified atom stereocenters. The molecule has 0 heterocycles. The van der Waals surface area contributed by atoms with Gasteiger partial charge in [0, 0.05) is 5.56 Å². The average molecular weight is 235 g/mol. The Morgan fingerprint density at radius 3 is 2.59 bits per heavy atom. The Hall–Kier alpha value is -1.97. The van der Waals surface area contributed by atoms with E-state index in [4.69, 9.17) is 0 Å². The highest BCUT2D eigenvalue weighted by Gasteiger charge is 2.10. The fraction of sp³-hybridized carbons (Fsp3) is 0.231. The second-order valence-corrected chi connectivity index (χ2v) is 3.54. The maximum atomic E-state index is 13.4. The molecule has 90 valence electrons. The van der Waals surface area contributed by atoms with E-state index in [2.05, 4.69) is 9.99 Å². The summed E-state index contributed by atoms with van der Waals surface area (Å²) >= 11 is 0. The SMILES string of the molecule is CON=C(C)C(=O)C(C)=Cc1ccccc1F. The van der Waals surface area contributed by atoms with Crippen LogP contribution in [0.1, 0.15) is 19.4 Å². The summed E-state index contributed by atoms with van der Waals surface area (Å²) in [7, 11) is 1.37. The Morgan fingerprint density at radius 2 is 2.00 bits per heavy atom. The molecule has 17 heavy (non-hydrogen) atoms. The van der Waals surface area contributed by atoms with Crippen LogP contribution in [0.5, 0.6) is 0 Å². The van der Waals surface area contributed by atoms with Crippen molar-refractivity contribution in [2.24, 2.45) is 5.16 Å². The minimum Gasteiger partial charge on any atom is -0.399 e. The Kier molecular flexibility index (Phi) is 4.57. The summed E-state index contributed by atoms with van der Waals surface area (Å²) in [5.41, 5.74) is 1.02. The van der Waals surface area contributed by atoms with Gasteiger partial charge >= 0.3 is 0 Å². The zero-order valence-corrected chi connectivity index (χ0v) is 10.0. The first-order chi connectivity index (χ1) is 8.06. The van der Waals surface area contributed by atoms with Crippen molar-refractivity contribution in [3.05, 3.63) is 41.2 Å². The van der Waals surface area contributed by atoms with Gasteiger partial charge in [-0.2, -0.15) is 0 Å². The van der Waals surface area contributed by atoms with Gasteiger partial charge in [0.25, 0.3) is 0 Å². The summed E-state index contributed by atoms with van der Waals surface area (Å²) in [6, 6.07) is 6.26. The molecule has 0 spiro atoms. The number of rotatable bonds is 4. The highest BCUT2D eigenvalue weighted by atomic mass is 19.1. The quantitative estimate of drug-likeness (QED) is 0.457. The van der Waals surface area contributed by atoms with Crippen molar-refractivity contribution in [2.45, 2.75) is 13.8 Å². The minimum atomic E-state index is -0.360. The first-order valence-electron chi connectivity index (χ1n) is 5.11. The number of benzene rings is 1. The number of ketones is 1. The van der Waals surface area contributed by atoms with Crippen LogP contribution in [0, 0.1) is 5.82 Å². The van der Waals surface area contributed by atoms with E-state index < -0.39 is 0 Å². The predicted octanol–water partition coefficient (Wildman–Crippen LogP) is 2.82. The number of halogens is 1. The molecule has 1 aromatic rings. The average Bonchev–Trinajstić information content (AvgIpc) is 2.31. The van der Waals surface area contributed by atoms with Gasteiger partial charge in [0.1, 0.15) is 18.6 Å². The summed E-state index contributed by atoms with van der Waals surface area (Å²) in [6.45, 7) is 3.16. The van der Waals surface area contributed by atoms with E-state index in [0.717, 1.165) is 0 Å². The molecule has 0 fully saturated rings. The Bertz CT molecular complexity index is 478. The lowest BCUT2D eigenvalue weighted by Crippen LogP contribution is -2.11. The molecule has 0 saturated carbocycles. The van der Waals surface area contributed by atoms with E-state index in [1.54, 1.807) is 32.0 Å². The normalized spacial score (nSPS) is 12.5. The Labute approximate surface area is 99.6 Å². The number of Topliss-reactive ketones (excluding diaryl/α,β-unsaturated/α-hetero) is 1. The van der Waals surface area contributed by atoms with Crippen LogP contribution >= 0.6 is 0 Å². The molecule has 4 heteroatoms. The smallest absolute Gasteiger partial charge is 0.205 e. The van der Waals surface area contributed by atoms with Crippen molar-refractivity contribution in [2.75, 3.05) is 7.11 Å². The fourth-order valence-corrected chi connectivity index (χ4v) is 1.35. The molecule has 0 N–H and O–H groups in total. The third-order valence-electron chi connectivity index (χ3n) is 2.19. The molecule has 0 saturated heterocycles. The van der Waals surface area contributed by atoms with Crippen molar-refractivity contribution < 1.29 is 14.0 Å².